The minimum Gasteiger partial charge on any atom is -0.357 e. The molecule has 7 heteroatoms. The van der Waals surface area contributed by atoms with Gasteiger partial charge in [-0.2, -0.15) is 0 Å². The Morgan fingerprint density at radius 3 is 2.50 bits per heavy atom. The molecule has 1 aromatic rings. The van der Waals surface area contributed by atoms with E-state index in [4.69, 9.17) is 11.6 Å². The second-order valence-electron chi connectivity index (χ2n) is 7.91. The first kappa shape index (κ1) is 19.5. The summed E-state index contributed by atoms with van der Waals surface area (Å²) in [7, 11) is -2.97. The van der Waals surface area contributed by atoms with Crippen LogP contribution < -0.4 is 10.6 Å². The van der Waals surface area contributed by atoms with E-state index >= 15 is 0 Å². The maximum Gasteiger partial charge on any atom is 0.191 e. The molecule has 2 fully saturated rings. The van der Waals surface area contributed by atoms with Crippen molar-refractivity contribution in [3.63, 3.8) is 0 Å². The van der Waals surface area contributed by atoms with Crippen molar-refractivity contribution in [2.75, 3.05) is 31.6 Å². The summed E-state index contributed by atoms with van der Waals surface area (Å²) < 4.78 is 23.2. The molecule has 0 aromatic heterocycles. The van der Waals surface area contributed by atoms with E-state index in [9.17, 15) is 8.42 Å². The molecule has 3 rings (SSSR count). The molecular weight excluding hydrogens is 370 g/mol. The van der Waals surface area contributed by atoms with Crippen LogP contribution in [0, 0.1) is 5.41 Å². The van der Waals surface area contributed by atoms with Crippen LogP contribution in [0.5, 0.6) is 0 Å². The van der Waals surface area contributed by atoms with Crippen molar-refractivity contribution < 1.29 is 8.42 Å². The lowest BCUT2D eigenvalue weighted by atomic mass is 9.96. The molecule has 1 aromatic carbocycles. The summed E-state index contributed by atoms with van der Waals surface area (Å²) in [6.07, 6.45) is 5.46. The van der Waals surface area contributed by atoms with Crippen LogP contribution in [0.2, 0.25) is 5.02 Å². The summed E-state index contributed by atoms with van der Waals surface area (Å²) in [5.41, 5.74) is 1.25. The SMILES string of the molecule is CCNC(=NCC1(CS(C)(=O)=O)CC1)NCC1(c2cccc(Cl)c2)CC1. The van der Waals surface area contributed by atoms with Gasteiger partial charge < -0.3 is 10.6 Å². The highest BCUT2D eigenvalue weighted by Gasteiger charge is 2.46. The zero-order valence-corrected chi connectivity index (χ0v) is 17.1. The van der Waals surface area contributed by atoms with Crippen LogP contribution in [0.1, 0.15) is 38.2 Å². The van der Waals surface area contributed by atoms with E-state index in [0.29, 0.717) is 6.54 Å². The Labute approximate surface area is 161 Å². The van der Waals surface area contributed by atoms with E-state index in [1.807, 2.05) is 25.1 Å². The molecule has 0 unspecified atom stereocenters. The molecule has 26 heavy (non-hydrogen) atoms. The van der Waals surface area contributed by atoms with Gasteiger partial charge in [-0.15, -0.1) is 0 Å². The van der Waals surface area contributed by atoms with Gasteiger partial charge in [-0.1, -0.05) is 23.7 Å². The fourth-order valence-electron chi connectivity index (χ4n) is 3.46. The molecule has 5 nitrogen and oxygen atoms in total. The van der Waals surface area contributed by atoms with Crippen LogP contribution in [0.15, 0.2) is 29.3 Å². The third kappa shape index (κ3) is 5.13. The van der Waals surface area contributed by atoms with Crippen LogP contribution in [0.3, 0.4) is 0 Å². The van der Waals surface area contributed by atoms with E-state index in [1.165, 1.54) is 11.8 Å². The minimum absolute atomic E-state index is 0.130. The molecule has 0 amide bonds. The van der Waals surface area contributed by atoms with Gasteiger partial charge >= 0.3 is 0 Å². The van der Waals surface area contributed by atoms with Gasteiger partial charge in [-0.05, 0) is 50.3 Å². The highest BCUT2D eigenvalue weighted by atomic mass is 35.5. The number of hydrogen-bond donors (Lipinski definition) is 2. The van der Waals surface area contributed by atoms with E-state index in [0.717, 1.165) is 49.8 Å². The normalized spacial score (nSPS) is 20.5. The molecule has 2 aliphatic rings. The van der Waals surface area contributed by atoms with E-state index in [-0.39, 0.29) is 16.6 Å². The number of rotatable bonds is 8. The first-order chi connectivity index (χ1) is 12.3. The van der Waals surface area contributed by atoms with E-state index in [1.54, 1.807) is 0 Å². The van der Waals surface area contributed by atoms with Gasteiger partial charge in [0.15, 0.2) is 5.96 Å². The Bertz CT molecular complexity index is 784. The molecule has 0 atom stereocenters. The number of halogens is 1. The van der Waals surface area contributed by atoms with E-state index in [2.05, 4.69) is 21.7 Å². The van der Waals surface area contributed by atoms with Crippen molar-refractivity contribution in [1.29, 1.82) is 0 Å². The molecule has 0 aliphatic heterocycles. The maximum absolute atomic E-state index is 11.6. The molecule has 2 saturated carbocycles. The van der Waals surface area contributed by atoms with E-state index < -0.39 is 9.84 Å². The Balaban J connectivity index is 1.62. The van der Waals surface area contributed by atoms with Gasteiger partial charge in [0.05, 0.1) is 5.75 Å². The number of nitrogens with one attached hydrogen (secondary N) is 2. The van der Waals surface area contributed by atoms with Gasteiger partial charge in [0.1, 0.15) is 9.84 Å². The summed E-state index contributed by atoms with van der Waals surface area (Å²) in [4.78, 5) is 4.68. The molecular formula is C19H28ClN3O2S. The molecule has 0 spiro atoms. The summed E-state index contributed by atoms with van der Waals surface area (Å²) >= 11 is 6.15. The predicted octanol–water partition coefficient (Wildman–Crippen LogP) is 2.75. The Morgan fingerprint density at radius 1 is 1.23 bits per heavy atom. The zero-order valence-electron chi connectivity index (χ0n) is 15.5. The Kier molecular flexibility index (Phi) is 5.54. The van der Waals surface area contributed by atoms with Crippen LogP contribution >= 0.6 is 11.6 Å². The molecule has 0 radical (unpaired) electrons. The number of hydrogen-bond acceptors (Lipinski definition) is 3. The smallest absolute Gasteiger partial charge is 0.191 e. The quantitative estimate of drug-likeness (QED) is 0.522. The molecule has 144 valence electrons. The molecule has 2 N–H and O–H groups in total. The average Bonchev–Trinajstić information content (AvgIpc) is 3.46. The third-order valence-electron chi connectivity index (χ3n) is 5.33. The van der Waals surface area contributed by atoms with Crippen LogP contribution in [-0.2, 0) is 15.3 Å². The predicted molar refractivity (Wildman–Crippen MR) is 108 cm³/mol. The Morgan fingerprint density at radius 2 is 1.96 bits per heavy atom. The second-order valence-corrected chi connectivity index (χ2v) is 10.5. The summed E-state index contributed by atoms with van der Waals surface area (Å²) in [5, 5.41) is 7.49. The number of guanidine groups is 1. The van der Waals surface area contributed by atoms with Crippen molar-refractivity contribution in [2.45, 2.75) is 38.0 Å². The van der Waals surface area contributed by atoms with Crippen molar-refractivity contribution in [3.8, 4) is 0 Å². The number of benzene rings is 1. The fourth-order valence-corrected chi connectivity index (χ4v) is 5.14. The van der Waals surface area contributed by atoms with Gasteiger partial charge in [0.2, 0.25) is 0 Å². The maximum atomic E-state index is 11.6. The second kappa shape index (κ2) is 7.39. The molecule has 2 aliphatic carbocycles. The van der Waals surface area contributed by atoms with Crippen LogP contribution in [0.4, 0.5) is 0 Å². The lowest BCUT2D eigenvalue weighted by molar-refractivity contribution is 0.549. The van der Waals surface area contributed by atoms with Crippen molar-refractivity contribution in [1.82, 2.24) is 10.6 Å². The topological polar surface area (TPSA) is 70.6 Å². The molecule has 0 heterocycles. The monoisotopic (exact) mass is 397 g/mol. The zero-order chi connectivity index (χ0) is 18.8. The van der Waals surface area contributed by atoms with Crippen molar-refractivity contribution in [3.05, 3.63) is 34.9 Å². The third-order valence-corrected chi connectivity index (χ3v) is 6.70. The summed E-state index contributed by atoms with van der Waals surface area (Å²) in [6, 6.07) is 8.08. The first-order valence-electron chi connectivity index (χ1n) is 9.22. The standard InChI is InChI=1S/C19H28ClN3O2S/c1-3-21-17(22-12-18(7-8-18)14-26(2,24)25)23-13-19(9-10-19)15-5-4-6-16(20)11-15/h4-6,11H,3,7-10,12-14H2,1-2H3,(H2,21,22,23). The average molecular weight is 398 g/mol. The van der Waals surface area contributed by atoms with Crippen LogP contribution in [-0.4, -0.2) is 46.0 Å². The number of sulfone groups is 1. The van der Waals surface area contributed by atoms with Gasteiger partial charge in [-0.25, -0.2) is 8.42 Å². The number of nitrogens with zero attached hydrogens (tertiary/aromatic N) is 1. The van der Waals surface area contributed by atoms with Crippen molar-refractivity contribution >= 4 is 27.4 Å². The largest absolute Gasteiger partial charge is 0.357 e. The van der Waals surface area contributed by atoms with Gasteiger partial charge in [0.25, 0.3) is 0 Å². The molecule has 0 saturated heterocycles. The van der Waals surface area contributed by atoms with Gasteiger partial charge in [-0.3, -0.25) is 4.99 Å². The molecule has 0 bridgehead atoms. The lowest BCUT2D eigenvalue weighted by Gasteiger charge is -2.20. The first-order valence-corrected chi connectivity index (χ1v) is 11.7. The highest BCUT2D eigenvalue weighted by Crippen LogP contribution is 2.48. The fraction of sp³-hybridized carbons (Fsp3) is 0.632. The Hall–Kier alpha value is -1.27. The summed E-state index contributed by atoms with van der Waals surface area (Å²) in [5.74, 6) is 0.996. The highest BCUT2D eigenvalue weighted by molar-refractivity contribution is 7.90. The number of aliphatic imine (C=N–C) groups is 1. The van der Waals surface area contributed by atoms with Crippen LogP contribution in [0.25, 0.3) is 0 Å². The van der Waals surface area contributed by atoms with Crippen molar-refractivity contribution in [2.24, 2.45) is 10.4 Å². The lowest BCUT2D eigenvalue weighted by Crippen LogP contribution is -2.41. The minimum atomic E-state index is -2.97. The van der Waals surface area contributed by atoms with Gasteiger partial charge in [0, 0.05) is 41.7 Å². The summed E-state index contributed by atoms with van der Waals surface area (Å²) in [6.45, 7) is 4.16.